The number of hydrogen-bond donors (Lipinski definition) is 1. The number of piperidine rings is 1. The summed E-state index contributed by atoms with van der Waals surface area (Å²) in [5, 5.41) is 13.5. The number of carboxylic acid groups (broad SMARTS) is 1. The molecule has 1 saturated heterocycles. The summed E-state index contributed by atoms with van der Waals surface area (Å²) >= 11 is 0. The maximum absolute atomic E-state index is 13.3. The summed E-state index contributed by atoms with van der Waals surface area (Å²) in [6.45, 7) is 3.19. The van der Waals surface area contributed by atoms with Crippen LogP contribution in [0.5, 0.6) is 0 Å². The lowest BCUT2D eigenvalue weighted by Crippen LogP contribution is -2.53. The minimum atomic E-state index is -0.943. The summed E-state index contributed by atoms with van der Waals surface area (Å²) < 4.78 is 1.82. The topological polar surface area (TPSA) is 75.4 Å². The summed E-state index contributed by atoms with van der Waals surface area (Å²) in [5.41, 5.74) is 1.74. The fraction of sp³-hybridized carbons (Fsp3) is 0.476. The van der Waals surface area contributed by atoms with E-state index in [-0.39, 0.29) is 22.9 Å². The Hall–Kier alpha value is -2.63. The van der Waals surface area contributed by atoms with E-state index >= 15 is 0 Å². The van der Waals surface area contributed by atoms with Gasteiger partial charge in [-0.25, -0.2) is 4.79 Å². The molecule has 1 aromatic heterocycles. The Balaban J connectivity index is 1.46. The molecule has 27 heavy (non-hydrogen) atoms. The number of benzene rings is 1. The molecule has 2 aromatic rings. The first-order valence-electron chi connectivity index (χ1n) is 9.65. The summed E-state index contributed by atoms with van der Waals surface area (Å²) in [6, 6.07) is 10.3. The minimum absolute atomic E-state index is 0.149. The van der Waals surface area contributed by atoms with E-state index in [1.165, 1.54) is 6.20 Å². The summed E-state index contributed by atoms with van der Waals surface area (Å²) in [4.78, 5) is 26.6. The van der Waals surface area contributed by atoms with Crippen LogP contribution in [0.25, 0.3) is 0 Å². The molecule has 1 aliphatic heterocycles. The van der Waals surface area contributed by atoms with Crippen LogP contribution >= 0.6 is 0 Å². The van der Waals surface area contributed by atoms with Gasteiger partial charge in [0, 0.05) is 13.1 Å². The zero-order valence-electron chi connectivity index (χ0n) is 15.6. The van der Waals surface area contributed by atoms with Gasteiger partial charge < -0.3 is 10.0 Å². The first-order chi connectivity index (χ1) is 13.0. The number of rotatable bonds is 4. The molecule has 1 aromatic carbocycles. The number of aromatic carboxylic acids is 1. The van der Waals surface area contributed by atoms with E-state index in [4.69, 9.17) is 0 Å². The standard InChI is InChI=1S/C21H25N3O3/c1-15-18(19(25)26)14-22-24(15)17-8-12-23(13-9-17)20(27)21(10-5-11-21)16-6-3-2-4-7-16/h2-4,6-7,14,17H,5,8-13H2,1H3,(H,25,26). The van der Waals surface area contributed by atoms with Gasteiger partial charge in [0.05, 0.1) is 23.3 Å². The lowest BCUT2D eigenvalue weighted by atomic mass is 9.63. The molecule has 142 valence electrons. The molecular weight excluding hydrogens is 342 g/mol. The Bertz CT molecular complexity index is 847. The average Bonchev–Trinajstić information content (AvgIpc) is 3.03. The monoisotopic (exact) mass is 367 g/mol. The van der Waals surface area contributed by atoms with E-state index in [0.717, 1.165) is 37.7 Å². The highest BCUT2D eigenvalue weighted by atomic mass is 16.4. The van der Waals surface area contributed by atoms with E-state index < -0.39 is 5.97 Å². The number of carbonyl (C=O) groups excluding carboxylic acids is 1. The molecule has 1 saturated carbocycles. The maximum Gasteiger partial charge on any atom is 0.339 e. The number of nitrogens with zero attached hydrogens (tertiary/aromatic N) is 3. The van der Waals surface area contributed by atoms with Crippen LogP contribution in [-0.4, -0.2) is 44.8 Å². The Morgan fingerprint density at radius 1 is 1.15 bits per heavy atom. The first kappa shape index (κ1) is 17.8. The molecule has 2 heterocycles. The van der Waals surface area contributed by atoms with Crippen molar-refractivity contribution >= 4 is 11.9 Å². The number of carboxylic acids is 1. The van der Waals surface area contributed by atoms with E-state index in [9.17, 15) is 14.7 Å². The van der Waals surface area contributed by atoms with Crippen LogP contribution in [0.1, 0.15) is 59.8 Å². The molecule has 0 spiro atoms. The van der Waals surface area contributed by atoms with Gasteiger partial charge in [0.25, 0.3) is 0 Å². The number of aromatic nitrogens is 2. The molecule has 2 fully saturated rings. The zero-order valence-corrected chi connectivity index (χ0v) is 15.6. The van der Waals surface area contributed by atoms with Gasteiger partial charge in [-0.1, -0.05) is 36.8 Å². The number of likely N-dealkylation sites (tertiary alicyclic amines) is 1. The second-order valence-electron chi connectivity index (χ2n) is 7.72. The summed E-state index contributed by atoms with van der Waals surface area (Å²) in [5.74, 6) is -0.692. The average molecular weight is 367 g/mol. The van der Waals surface area contributed by atoms with Crippen molar-refractivity contribution in [2.24, 2.45) is 0 Å². The molecular formula is C21H25N3O3. The van der Waals surface area contributed by atoms with Crippen molar-refractivity contribution in [1.82, 2.24) is 14.7 Å². The van der Waals surface area contributed by atoms with Crippen LogP contribution in [0.15, 0.2) is 36.5 Å². The van der Waals surface area contributed by atoms with Gasteiger partial charge in [0.2, 0.25) is 5.91 Å². The Morgan fingerprint density at radius 3 is 2.33 bits per heavy atom. The number of hydrogen-bond acceptors (Lipinski definition) is 3. The fourth-order valence-electron chi connectivity index (χ4n) is 4.53. The van der Waals surface area contributed by atoms with E-state index in [0.29, 0.717) is 18.8 Å². The third kappa shape index (κ3) is 2.93. The molecule has 0 atom stereocenters. The molecule has 6 heteroatoms. The van der Waals surface area contributed by atoms with Crippen LogP contribution in [0.2, 0.25) is 0 Å². The van der Waals surface area contributed by atoms with Gasteiger partial charge in [-0.05, 0) is 38.2 Å². The van der Waals surface area contributed by atoms with Crippen molar-refractivity contribution in [2.75, 3.05) is 13.1 Å². The summed E-state index contributed by atoms with van der Waals surface area (Å²) in [6.07, 6.45) is 5.98. The Morgan fingerprint density at radius 2 is 1.81 bits per heavy atom. The van der Waals surface area contributed by atoms with Crippen molar-refractivity contribution in [3.63, 3.8) is 0 Å². The molecule has 6 nitrogen and oxygen atoms in total. The van der Waals surface area contributed by atoms with Gasteiger partial charge in [-0.15, -0.1) is 0 Å². The highest BCUT2D eigenvalue weighted by molar-refractivity contribution is 5.89. The molecule has 1 N–H and O–H groups in total. The summed E-state index contributed by atoms with van der Waals surface area (Å²) in [7, 11) is 0. The molecule has 1 aliphatic carbocycles. The first-order valence-corrected chi connectivity index (χ1v) is 9.65. The number of carbonyl (C=O) groups is 2. The molecule has 0 radical (unpaired) electrons. The molecule has 0 bridgehead atoms. The van der Waals surface area contributed by atoms with Crippen LogP contribution in [0.4, 0.5) is 0 Å². The maximum atomic E-state index is 13.3. The number of amides is 1. The zero-order chi connectivity index (χ0) is 19.0. The van der Waals surface area contributed by atoms with Gasteiger partial charge in [-0.2, -0.15) is 5.10 Å². The van der Waals surface area contributed by atoms with E-state index in [2.05, 4.69) is 17.2 Å². The predicted molar refractivity (Wildman–Crippen MR) is 101 cm³/mol. The largest absolute Gasteiger partial charge is 0.478 e. The van der Waals surface area contributed by atoms with Gasteiger partial charge in [0.15, 0.2) is 0 Å². The fourth-order valence-corrected chi connectivity index (χ4v) is 4.53. The second kappa shape index (κ2) is 6.83. The highest BCUT2D eigenvalue weighted by Gasteiger charge is 2.48. The van der Waals surface area contributed by atoms with E-state index in [1.54, 1.807) is 6.92 Å². The molecule has 0 unspecified atom stereocenters. The van der Waals surface area contributed by atoms with Crippen molar-refractivity contribution in [3.05, 3.63) is 53.3 Å². The van der Waals surface area contributed by atoms with Crippen molar-refractivity contribution in [2.45, 2.75) is 50.5 Å². The third-order valence-corrected chi connectivity index (χ3v) is 6.32. The van der Waals surface area contributed by atoms with Crippen molar-refractivity contribution in [1.29, 1.82) is 0 Å². The molecule has 1 amide bonds. The normalized spacial score (nSPS) is 19.5. The van der Waals surface area contributed by atoms with Crippen LogP contribution < -0.4 is 0 Å². The van der Waals surface area contributed by atoms with E-state index in [1.807, 2.05) is 27.8 Å². The second-order valence-corrected chi connectivity index (χ2v) is 7.72. The molecule has 4 rings (SSSR count). The van der Waals surface area contributed by atoms with Gasteiger partial charge in [0.1, 0.15) is 5.56 Å². The van der Waals surface area contributed by atoms with Crippen LogP contribution in [0, 0.1) is 6.92 Å². The Labute approximate surface area is 158 Å². The molecule has 2 aliphatic rings. The van der Waals surface area contributed by atoms with Gasteiger partial charge >= 0.3 is 5.97 Å². The lowest BCUT2D eigenvalue weighted by Gasteiger charge is -2.45. The van der Waals surface area contributed by atoms with Gasteiger partial charge in [-0.3, -0.25) is 9.48 Å². The van der Waals surface area contributed by atoms with Crippen LogP contribution in [-0.2, 0) is 10.2 Å². The predicted octanol–water partition coefficient (Wildman–Crippen LogP) is 3.18. The lowest BCUT2D eigenvalue weighted by molar-refractivity contribution is -0.142. The SMILES string of the molecule is Cc1c(C(=O)O)cnn1C1CCN(C(=O)C2(c3ccccc3)CCC2)CC1. The third-order valence-electron chi connectivity index (χ3n) is 6.32. The highest BCUT2D eigenvalue weighted by Crippen LogP contribution is 2.45. The minimum Gasteiger partial charge on any atom is -0.478 e. The Kier molecular flexibility index (Phi) is 4.50. The quantitative estimate of drug-likeness (QED) is 0.901. The van der Waals surface area contributed by atoms with Crippen molar-refractivity contribution in [3.8, 4) is 0 Å². The smallest absolute Gasteiger partial charge is 0.339 e. The van der Waals surface area contributed by atoms with Crippen molar-refractivity contribution < 1.29 is 14.7 Å². The van der Waals surface area contributed by atoms with Crippen LogP contribution in [0.3, 0.4) is 0 Å².